The number of piperazine rings is 1. The summed E-state index contributed by atoms with van der Waals surface area (Å²) in [5, 5.41) is 0. The standard InChI is InChI=1S/C32H31N3O5S/c36-32(34-19-17-33(18-20-34)22-26-15-16-30-31(21-26)40-24-39-30)28-13-7-8-14-29(28)35(23-25-9-3-1-4-10-25)41(37,38)27-11-5-2-6-12-27/h1-16,21H,17-20,22-24H2. The maximum absolute atomic E-state index is 14.0. The highest BCUT2D eigenvalue weighted by Crippen LogP contribution is 2.33. The first-order valence-electron chi connectivity index (χ1n) is 13.6. The van der Waals surface area contributed by atoms with Crippen molar-refractivity contribution in [3.05, 3.63) is 120 Å². The molecular weight excluding hydrogens is 538 g/mol. The van der Waals surface area contributed by atoms with Gasteiger partial charge in [0, 0.05) is 32.7 Å². The first-order chi connectivity index (χ1) is 20.0. The number of amides is 1. The second-order valence-electron chi connectivity index (χ2n) is 10.1. The molecule has 2 aliphatic rings. The maximum Gasteiger partial charge on any atom is 0.264 e. The van der Waals surface area contributed by atoms with E-state index in [9.17, 15) is 13.2 Å². The van der Waals surface area contributed by atoms with Crippen molar-refractivity contribution in [2.45, 2.75) is 18.0 Å². The number of para-hydroxylation sites is 1. The van der Waals surface area contributed by atoms with Crippen molar-refractivity contribution in [1.82, 2.24) is 9.80 Å². The van der Waals surface area contributed by atoms with E-state index in [2.05, 4.69) is 4.90 Å². The Labute approximate surface area is 240 Å². The van der Waals surface area contributed by atoms with Crippen LogP contribution in [0.1, 0.15) is 21.5 Å². The molecule has 1 fully saturated rings. The van der Waals surface area contributed by atoms with Crippen LogP contribution in [-0.4, -0.2) is 57.1 Å². The fourth-order valence-electron chi connectivity index (χ4n) is 5.22. The van der Waals surface area contributed by atoms with Crippen LogP contribution in [0.2, 0.25) is 0 Å². The molecule has 8 nitrogen and oxygen atoms in total. The highest BCUT2D eigenvalue weighted by molar-refractivity contribution is 7.92. The molecule has 0 aliphatic carbocycles. The van der Waals surface area contributed by atoms with Gasteiger partial charge in [-0.1, -0.05) is 66.7 Å². The van der Waals surface area contributed by atoms with Gasteiger partial charge in [-0.25, -0.2) is 8.42 Å². The van der Waals surface area contributed by atoms with Gasteiger partial charge in [-0.15, -0.1) is 0 Å². The molecule has 41 heavy (non-hydrogen) atoms. The molecule has 0 bridgehead atoms. The fraction of sp³-hybridized carbons (Fsp3) is 0.219. The Morgan fingerprint density at radius 2 is 1.39 bits per heavy atom. The van der Waals surface area contributed by atoms with E-state index in [1.54, 1.807) is 54.6 Å². The molecule has 2 aliphatic heterocycles. The SMILES string of the molecule is O=C(c1ccccc1N(Cc1ccccc1)S(=O)(=O)c1ccccc1)N1CCN(Cc2ccc3c(c2)OCO3)CC1. The van der Waals surface area contributed by atoms with E-state index in [1.807, 2.05) is 53.4 Å². The van der Waals surface area contributed by atoms with Crippen molar-refractivity contribution in [2.75, 3.05) is 37.3 Å². The van der Waals surface area contributed by atoms with Crippen LogP contribution < -0.4 is 13.8 Å². The van der Waals surface area contributed by atoms with Gasteiger partial charge in [-0.3, -0.25) is 14.0 Å². The van der Waals surface area contributed by atoms with Crippen LogP contribution in [0, 0.1) is 0 Å². The van der Waals surface area contributed by atoms with Crippen LogP contribution in [0.3, 0.4) is 0 Å². The van der Waals surface area contributed by atoms with Crippen molar-refractivity contribution in [3.63, 3.8) is 0 Å². The molecule has 0 saturated carbocycles. The number of sulfonamides is 1. The average molecular weight is 570 g/mol. The number of carbonyl (C=O) groups excluding carboxylic acids is 1. The smallest absolute Gasteiger partial charge is 0.264 e. The number of nitrogens with zero attached hydrogens (tertiary/aromatic N) is 3. The summed E-state index contributed by atoms with van der Waals surface area (Å²) >= 11 is 0. The third-order valence-corrected chi connectivity index (χ3v) is 9.18. The molecule has 210 valence electrons. The van der Waals surface area contributed by atoms with Crippen molar-refractivity contribution < 1.29 is 22.7 Å². The molecule has 0 atom stereocenters. The van der Waals surface area contributed by atoms with E-state index in [4.69, 9.17) is 9.47 Å². The minimum absolute atomic E-state index is 0.103. The Morgan fingerprint density at radius 3 is 2.15 bits per heavy atom. The highest BCUT2D eigenvalue weighted by atomic mass is 32.2. The number of hydrogen-bond donors (Lipinski definition) is 0. The van der Waals surface area contributed by atoms with Gasteiger partial charge in [0.05, 0.1) is 22.7 Å². The lowest BCUT2D eigenvalue weighted by Gasteiger charge is -2.35. The lowest BCUT2D eigenvalue weighted by molar-refractivity contribution is 0.0629. The summed E-state index contributed by atoms with van der Waals surface area (Å²) < 4.78 is 40.2. The zero-order valence-corrected chi connectivity index (χ0v) is 23.4. The Bertz CT molecular complexity index is 1620. The molecule has 2 heterocycles. The van der Waals surface area contributed by atoms with Crippen molar-refractivity contribution >= 4 is 21.6 Å². The molecule has 6 rings (SSSR count). The quantitative estimate of drug-likeness (QED) is 0.304. The Kier molecular flexibility index (Phi) is 7.63. The van der Waals surface area contributed by atoms with Gasteiger partial charge in [0.2, 0.25) is 6.79 Å². The first-order valence-corrected chi connectivity index (χ1v) is 15.0. The molecule has 0 aromatic heterocycles. The van der Waals surface area contributed by atoms with Gasteiger partial charge >= 0.3 is 0 Å². The molecule has 0 radical (unpaired) electrons. The van der Waals surface area contributed by atoms with Crippen LogP contribution in [-0.2, 0) is 23.1 Å². The van der Waals surface area contributed by atoms with Gasteiger partial charge in [0.25, 0.3) is 15.9 Å². The number of carbonyl (C=O) groups is 1. The van der Waals surface area contributed by atoms with E-state index in [1.165, 1.54) is 4.31 Å². The third-order valence-electron chi connectivity index (χ3n) is 7.41. The van der Waals surface area contributed by atoms with Crippen LogP contribution in [0.15, 0.2) is 108 Å². The number of anilines is 1. The third kappa shape index (κ3) is 5.77. The summed E-state index contributed by atoms with van der Waals surface area (Å²) in [7, 11) is -3.95. The zero-order chi connectivity index (χ0) is 28.2. The Balaban J connectivity index is 1.22. The summed E-state index contributed by atoms with van der Waals surface area (Å²) in [5.74, 6) is 1.35. The minimum Gasteiger partial charge on any atom is -0.454 e. The van der Waals surface area contributed by atoms with Crippen LogP contribution in [0.25, 0.3) is 0 Å². The van der Waals surface area contributed by atoms with Crippen LogP contribution in [0.4, 0.5) is 5.69 Å². The highest BCUT2D eigenvalue weighted by Gasteiger charge is 2.31. The maximum atomic E-state index is 14.0. The number of benzene rings is 4. The number of hydrogen-bond acceptors (Lipinski definition) is 6. The van der Waals surface area contributed by atoms with Crippen LogP contribution >= 0.6 is 0 Å². The summed E-state index contributed by atoms with van der Waals surface area (Å²) in [6.07, 6.45) is 0. The molecule has 0 unspecified atom stereocenters. The fourth-order valence-corrected chi connectivity index (χ4v) is 6.71. The average Bonchev–Trinajstić information content (AvgIpc) is 3.49. The van der Waals surface area contributed by atoms with E-state index < -0.39 is 10.0 Å². The Hall–Kier alpha value is -4.34. The summed E-state index contributed by atoms with van der Waals surface area (Å²) in [4.78, 5) is 18.2. The largest absolute Gasteiger partial charge is 0.454 e. The predicted molar refractivity (Wildman–Crippen MR) is 156 cm³/mol. The van der Waals surface area contributed by atoms with Gasteiger partial charge in [0.15, 0.2) is 11.5 Å². The minimum atomic E-state index is -3.95. The number of rotatable bonds is 8. The second-order valence-corrected chi connectivity index (χ2v) is 11.9. The lowest BCUT2D eigenvalue weighted by Crippen LogP contribution is -2.48. The second kappa shape index (κ2) is 11.6. The van der Waals surface area contributed by atoms with Gasteiger partial charge in [0.1, 0.15) is 0 Å². The molecule has 4 aromatic rings. The number of ether oxygens (including phenoxy) is 2. The van der Waals surface area contributed by atoms with Gasteiger partial charge < -0.3 is 14.4 Å². The van der Waals surface area contributed by atoms with Gasteiger partial charge in [-0.05, 0) is 47.5 Å². The molecular formula is C32H31N3O5S. The van der Waals surface area contributed by atoms with Crippen LogP contribution in [0.5, 0.6) is 11.5 Å². The lowest BCUT2D eigenvalue weighted by atomic mass is 10.1. The molecule has 9 heteroatoms. The summed E-state index contributed by atoms with van der Waals surface area (Å²) in [5.41, 5.74) is 2.69. The molecule has 1 amide bonds. The van der Waals surface area contributed by atoms with E-state index in [0.717, 1.165) is 29.2 Å². The monoisotopic (exact) mass is 569 g/mol. The van der Waals surface area contributed by atoms with Crippen molar-refractivity contribution in [2.24, 2.45) is 0 Å². The normalized spacial score (nSPS) is 15.1. The van der Waals surface area contributed by atoms with E-state index in [-0.39, 0.29) is 24.1 Å². The Morgan fingerprint density at radius 1 is 0.732 bits per heavy atom. The number of fused-ring (bicyclic) bond motifs is 1. The van der Waals surface area contributed by atoms with E-state index in [0.29, 0.717) is 37.4 Å². The summed E-state index contributed by atoms with van der Waals surface area (Å²) in [6.45, 7) is 3.60. The summed E-state index contributed by atoms with van der Waals surface area (Å²) in [6, 6.07) is 30.7. The van der Waals surface area contributed by atoms with E-state index >= 15 is 0 Å². The zero-order valence-electron chi connectivity index (χ0n) is 22.6. The van der Waals surface area contributed by atoms with Gasteiger partial charge in [-0.2, -0.15) is 0 Å². The van der Waals surface area contributed by atoms with Crippen molar-refractivity contribution in [1.29, 1.82) is 0 Å². The predicted octanol–water partition coefficient (Wildman–Crippen LogP) is 4.77. The molecule has 1 saturated heterocycles. The molecule has 0 spiro atoms. The molecule has 4 aromatic carbocycles. The van der Waals surface area contributed by atoms with Crippen molar-refractivity contribution in [3.8, 4) is 11.5 Å². The molecule has 0 N–H and O–H groups in total. The topological polar surface area (TPSA) is 79.4 Å². The first kappa shape index (κ1) is 26.9.